The average molecular weight is 349 g/mol. The van der Waals surface area contributed by atoms with E-state index in [4.69, 9.17) is 5.11 Å². The number of amides is 1. The van der Waals surface area contributed by atoms with E-state index in [1.807, 2.05) is 0 Å². The zero-order valence-corrected chi connectivity index (χ0v) is 13.4. The van der Waals surface area contributed by atoms with Crippen molar-refractivity contribution in [3.63, 3.8) is 0 Å². The summed E-state index contributed by atoms with van der Waals surface area (Å²) in [7, 11) is 2.94. The molecule has 0 atom stereocenters. The van der Waals surface area contributed by atoms with Crippen molar-refractivity contribution in [2.45, 2.75) is 19.3 Å². The summed E-state index contributed by atoms with van der Waals surface area (Å²) >= 11 is 0. The summed E-state index contributed by atoms with van der Waals surface area (Å²) in [6.45, 7) is 0.473. The SMILES string of the molecule is O=C(O)CCSSCCNC(=O)CCc1cc(F)cc(F)c1. The molecular formula is C14H17F2NO3S2. The zero-order valence-electron chi connectivity index (χ0n) is 11.8. The number of carboxylic acid groups (broad SMARTS) is 1. The summed E-state index contributed by atoms with van der Waals surface area (Å²) in [5.74, 6) is -1.10. The molecule has 122 valence electrons. The van der Waals surface area contributed by atoms with E-state index in [0.29, 0.717) is 23.6 Å². The number of carboxylic acids is 1. The minimum Gasteiger partial charge on any atom is -0.481 e. The van der Waals surface area contributed by atoms with Crippen LogP contribution >= 0.6 is 21.6 Å². The highest BCUT2D eigenvalue weighted by molar-refractivity contribution is 8.76. The van der Waals surface area contributed by atoms with Gasteiger partial charge in [-0.3, -0.25) is 9.59 Å². The topological polar surface area (TPSA) is 66.4 Å². The maximum absolute atomic E-state index is 13.0. The summed E-state index contributed by atoms with van der Waals surface area (Å²) in [4.78, 5) is 21.9. The van der Waals surface area contributed by atoms with E-state index >= 15 is 0 Å². The fraction of sp³-hybridized carbons (Fsp3) is 0.429. The summed E-state index contributed by atoms with van der Waals surface area (Å²) in [6.07, 6.45) is 0.564. The molecule has 0 aliphatic heterocycles. The molecule has 1 rings (SSSR count). The predicted octanol–water partition coefficient (Wildman–Crippen LogP) is 2.87. The van der Waals surface area contributed by atoms with Gasteiger partial charge in [-0.1, -0.05) is 21.6 Å². The fourth-order valence-corrected chi connectivity index (χ4v) is 3.47. The molecular weight excluding hydrogens is 332 g/mol. The maximum atomic E-state index is 13.0. The number of nitrogens with one attached hydrogen (secondary N) is 1. The second kappa shape index (κ2) is 10.4. The Morgan fingerprint density at radius 2 is 1.68 bits per heavy atom. The lowest BCUT2D eigenvalue weighted by atomic mass is 10.1. The molecule has 0 bridgehead atoms. The molecule has 0 radical (unpaired) electrons. The van der Waals surface area contributed by atoms with Gasteiger partial charge in [0.25, 0.3) is 0 Å². The Bertz CT molecular complexity index is 495. The molecule has 0 aromatic heterocycles. The molecule has 1 aromatic rings. The second-order valence-corrected chi connectivity index (χ2v) is 7.12. The van der Waals surface area contributed by atoms with Gasteiger partial charge in [0, 0.05) is 30.5 Å². The molecule has 0 saturated heterocycles. The van der Waals surface area contributed by atoms with E-state index in [-0.39, 0.29) is 25.2 Å². The first kappa shape index (κ1) is 18.8. The number of halogens is 2. The number of aliphatic carboxylic acids is 1. The molecule has 1 aromatic carbocycles. The molecule has 0 fully saturated rings. The van der Waals surface area contributed by atoms with Gasteiger partial charge in [-0.05, 0) is 24.1 Å². The van der Waals surface area contributed by atoms with Crippen molar-refractivity contribution >= 4 is 33.5 Å². The number of rotatable bonds is 10. The Morgan fingerprint density at radius 1 is 1.05 bits per heavy atom. The first-order chi connectivity index (χ1) is 10.5. The van der Waals surface area contributed by atoms with Crippen molar-refractivity contribution in [3.8, 4) is 0 Å². The Kier molecular flexibility index (Phi) is 8.91. The number of benzene rings is 1. The monoisotopic (exact) mass is 349 g/mol. The van der Waals surface area contributed by atoms with Gasteiger partial charge in [-0.2, -0.15) is 0 Å². The number of carbonyl (C=O) groups excluding carboxylic acids is 1. The van der Waals surface area contributed by atoms with Crippen LogP contribution in [0.1, 0.15) is 18.4 Å². The summed E-state index contributed by atoms with van der Waals surface area (Å²) < 4.78 is 25.9. The number of aryl methyl sites for hydroxylation is 1. The van der Waals surface area contributed by atoms with Gasteiger partial charge < -0.3 is 10.4 Å². The van der Waals surface area contributed by atoms with E-state index < -0.39 is 17.6 Å². The minimum absolute atomic E-state index is 0.119. The van der Waals surface area contributed by atoms with Crippen LogP contribution in [0.4, 0.5) is 8.78 Å². The first-order valence-electron chi connectivity index (χ1n) is 6.65. The normalized spacial score (nSPS) is 10.5. The zero-order chi connectivity index (χ0) is 16.4. The Morgan fingerprint density at radius 3 is 2.32 bits per heavy atom. The van der Waals surface area contributed by atoms with Crippen LogP contribution in [0.15, 0.2) is 18.2 Å². The third kappa shape index (κ3) is 8.89. The largest absolute Gasteiger partial charge is 0.481 e. The smallest absolute Gasteiger partial charge is 0.304 e. The summed E-state index contributed by atoms with van der Waals surface area (Å²) in [5.41, 5.74) is 0.450. The number of hydrogen-bond donors (Lipinski definition) is 2. The third-order valence-corrected chi connectivity index (χ3v) is 4.96. The van der Waals surface area contributed by atoms with Gasteiger partial charge >= 0.3 is 5.97 Å². The lowest BCUT2D eigenvalue weighted by Gasteiger charge is -2.05. The van der Waals surface area contributed by atoms with E-state index in [2.05, 4.69) is 5.32 Å². The van der Waals surface area contributed by atoms with E-state index in [1.165, 1.54) is 33.7 Å². The van der Waals surface area contributed by atoms with Crippen molar-refractivity contribution < 1.29 is 23.5 Å². The van der Waals surface area contributed by atoms with Gasteiger partial charge in [-0.15, -0.1) is 0 Å². The molecule has 2 N–H and O–H groups in total. The standard InChI is InChI=1S/C14H17F2NO3S2/c15-11-7-10(8-12(16)9-11)1-2-13(18)17-4-6-22-21-5-3-14(19)20/h7-9H,1-6H2,(H,17,18)(H,19,20). The van der Waals surface area contributed by atoms with Crippen molar-refractivity contribution in [1.29, 1.82) is 0 Å². The maximum Gasteiger partial charge on any atom is 0.304 e. The Labute approximate surface area is 135 Å². The highest BCUT2D eigenvalue weighted by Gasteiger charge is 2.05. The van der Waals surface area contributed by atoms with E-state index in [1.54, 1.807) is 0 Å². The average Bonchev–Trinajstić information content (AvgIpc) is 2.42. The van der Waals surface area contributed by atoms with E-state index in [0.717, 1.165) is 6.07 Å². The summed E-state index contributed by atoms with van der Waals surface area (Å²) in [5, 5.41) is 11.2. The van der Waals surface area contributed by atoms with Gasteiger partial charge in [0.2, 0.25) is 5.91 Å². The minimum atomic E-state index is -0.824. The van der Waals surface area contributed by atoms with E-state index in [9.17, 15) is 18.4 Å². The molecule has 0 aliphatic carbocycles. The molecule has 0 unspecified atom stereocenters. The van der Waals surface area contributed by atoms with Crippen LogP contribution in [-0.4, -0.2) is 35.0 Å². The van der Waals surface area contributed by atoms with Crippen LogP contribution in [0, 0.1) is 11.6 Å². The lowest BCUT2D eigenvalue weighted by molar-refractivity contribution is -0.136. The van der Waals surface area contributed by atoms with Crippen molar-refractivity contribution in [2.24, 2.45) is 0 Å². The van der Waals surface area contributed by atoms with Crippen molar-refractivity contribution in [2.75, 3.05) is 18.1 Å². The Hall–Kier alpha value is -1.28. The van der Waals surface area contributed by atoms with Gasteiger partial charge in [0.15, 0.2) is 0 Å². The number of hydrogen-bond acceptors (Lipinski definition) is 4. The van der Waals surface area contributed by atoms with Crippen LogP contribution in [0.2, 0.25) is 0 Å². The molecule has 0 aliphatic rings. The Balaban J connectivity index is 2.10. The van der Waals surface area contributed by atoms with Gasteiger partial charge in [0.05, 0.1) is 6.42 Å². The fourth-order valence-electron chi connectivity index (χ4n) is 1.58. The highest BCUT2D eigenvalue weighted by Crippen LogP contribution is 2.20. The van der Waals surface area contributed by atoms with Crippen LogP contribution in [0.3, 0.4) is 0 Å². The molecule has 4 nitrogen and oxygen atoms in total. The van der Waals surface area contributed by atoms with Crippen LogP contribution < -0.4 is 5.32 Å². The molecule has 8 heteroatoms. The number of carbonyl (C=O) groups is 2. The molecule has 1 amide bonds. The van der Waals surface area contributed by atoms with Crippen molar-refractivity contribution in [3.05, 3.63) is 35.4 Å². The molecule has 0 heterocycles. The van der Waals surface area contributed by atoms with Crippen LogP contribution in [-0.2, 0) is 16.0 Å². The quantitative estimate of drug-likeness (QED) is 0.502. The predicted molar refractivity (Wildman–Crippen MR) is 84.9 cm³/mol. The van der Waals surface area contributed by atoms with Gasteiger partial charge in [0.1, 0.15) is 11.6 Å². The second-order valence-electron chi connectivity index (χ2n) is 4.42. The molecule has 22 heavy (non-hydrogen) atoms. The third-order valence-electron chi connectivity index (χ3n) is 2.55. The molecule has 0 saturated carbocycles. The highest BCUT2D eigenvalue weighted by atomic mass is 33.1. The first-order valence-corrected chi connectivity index (χ1v) is 9.14. The van der Waals surface area contributed by atoms with Crippen LogP contribution in [0.25, 0.3) is 0 Å². The lowest BCUT2D eigenvalue weighted by Crippen LogP contribution is -2.25. The molecule has 0 spiro atoms. The van der Waals surface area contributed by atoms with Gasteiger partial charge in [-0.25, -0.2) is 8.78 Å². The summed E-state index contributed by atoms with van der Waals surface area (Å²) in [6, 6.07) is 3.22. The van der Waals surface area contributed by atoms with Crippen LogP contribution in [0.5, 0.6) is 0 Å². The van der Waals surface area contributed by atoms with Crippen molar-refractivity contribution in [1.82, 2.24) is 5.32 Å².